The minimum Gasteiger partial charge on any atom is -0.368 e. The third-order valence-corrected chi connectivity index (χ3v) is 4.74. The van der Waals surface area contributed by atoms with E-state index in [-0.39, 0.29) is 17.8 Å². The standard InChI is InChI=1S/C18H19ClFN7/c1-9(12-5-4-11(20)6-13(12)19)22-15-8-16(25-18(21)24-15)23-17-7-14(26-27-17)10-2-3-10/h4-10H,2-3H2,1H3,(H5,21,22,23,24,25,26,27)/t9-/m0/s1. The van der Waals surface area contributed by atoms with Crippen LogP contribution in [-0.4, -0.2) is 20.2 Å². The van der Waals surface area contributed by atoms with Crippen LogP contribution in [0.3, 0.4) is 0 Å². The Balaban J connectivity index is 1.50. The quantitative estimate of drug-likeness (QED) is 0.500. The van der Waals surface area contributed by atoms with E-state index in [0.29, 0.717) is 28.4 Å². The maximum atomic E-state index is 13.2. The molecule has 0 unspecified atom stereocenters. The lowest BCUT2D eigenvalue weighted by molar-refractivity contribution is 0.626. The molecule has 7 nitrogen and oxygen atoms in total. The predicted octanol–water partition coefficient (Wildman–Crippen LogP) is 4.37. The molecule has 9 heteroatoms. The monoisotopic (exact) mass is 387 g/mol. The molecule has 0 bridgehead atoms. The number of hydrogen-bond acceptors (Lipinski definition) is 6. The van der Waals surface area contributed by atoms with Gasteiger partial charge in [-0.3, -0.25) is 5.10 Å². The summed E-state index contributed by atoms with van der Waals surface area (Å²) >= 11 is 6.13. The van der Waals surface area contributed by atoms with Crippen LogP contribution in [0.1, 0.15) is 43.0 Å². The molecule has 1 aromatic carbocycles. The molecule has 140 valence electrons. The van der Waals surface area contributed by atoms with Crippen LogP contribution in [0.2, 0.25) is 5.02 Å². The number of rotatable bonds is 6. The molecular formula is C18H19ClFN7. The summed E-state index contributed by atoms with van der Waals surface area (Å²) in [5.41, 5.74) is 7.71. The summed E-state index contributed by atoms with van der Waals surface area (Å²) in [5, 5.41) is 14.0. The first kappa shape index (κ1) is 17.5. The van der Waals surface area contributed by atoms with Gasteiger partial charge in [0.1, 0.15) is 17.5 Å². The Hall–Kier alpha value is -2.87. The Bertz CT molecular complexity index is 970. The summed E-state index contributed by atoms with van der Waals surface area (Å²) in [4.78, 5) is 8.40. The lowest BCUT2D eigenvalue weighted by atomic mass is 10.1. The molecule has 0 radical (unpaired) electrons. The summed E-state index contributed by atoms with van der Waals surface area (Å²) in [6, 6.07) is 7.80. The maximum absolute atomic E-state index is 13.2. The Morgan fingerprint density at radius 1 is 1.19 bits per heavy atom. The summed E-state index contributed by atoms with van der Waals surface area (Å²) in [7, 11) is 0. The molecule has 4 rings (SSSR count). The molecule has 0 spiro atoms. The molecule has 3 aromatic rings. The molecule has 1 fully saturated rings. The van der Waals surface area contributed by atoms with E-state index in [1.807, 2.05) is 13.0 Å². The van der Waals surface area contributed by atoms with Gasteiger partial charge in [-0.2, -0.15) is 15.1 Å². The Labute approximate surface area is 160 Å². The van der Waals surface area contributed by atoms with Crippen molar-refractivity contribution in [1.82, 2.24) is 20.2 Å². The van der Waals surface area contributed by atoms with Crippen molar-refractivity contribution >= 4 is 35.0 Å². The van der Waals surface area contributed by atoms with Crippen LogP contribution in [0.5, 0.6) is 0 Å². The molecule has 2 heterocycles. The molecule has 1 aliphatic rings. The fourth-order valence-corrected chi connectivity index (χ4v) is 3.22. The summed E-state index contributed by atoms with van der Waals surface area (Å²) in [6.45, 7) is 1.90. The predicted molar refractivity (Wildman–Crippen MR) is 104 cm³/mol. The minimum atomic E-state index is -0.377. The number of H-pyrrole nitrogens is 1. The highest BCUT2D eigenvalue weighted by Gasteiger charge is 2.25. The van der Waals surface area contributed by atoms with Crippen LogP contribution in [0.4, 0.5) is 27.8 Å². The summed E-state index contributed by atoms with van der Waals surface area (Å²) < 4.78 is 13.2. The topological polar surface area (TPSA) is 105 Å². The van der Waals surface area contributed by atoms with Crippen molar-refractivity contribution in [1.29, 1.82) is 0 Å². The van der Waals surface area contributed by atoms with E-state index < -0.39 is 0 Å². The number of aromatic nitrogens is 4. The normalized spacial score (nSPS) is 14.8. The number of benzene rings is 1. The number of nitrogens with zero attached hydrogens (tertiary/aromatic N) is 3. The average Bonchev–Trinajstić information content (AvgIpc) is 3.34. The van der Waals surface area contributed by atoms with Gasteiger partial charge in [-0.1, -0.05) is 17.7 Å². The van der Waals surface area contributed by atoms with Crippen molar-refractivity contribution in [2.45, 2.75) is 31.7 Å². The first-order valence-corrected chi connectivity index (χ1v) is 9.04. The van der Waals surface area contributed by atoms with Crippen molar-refractivity contribution in [3.8, 4) is 0 Å². The highest BCUT2D eigenvalue weighted by atomic mass is 35.5. The van der Waals surface area contributed by atoms with E-state index in [2.05, 4.69) is 30.8 Å². The molecule has 0 aliphatic heterocycles. The van der Waals surface area contributed by atoms with Gasteiger partial charge in [0, 0.05) is 28.8 Å². The van der Waals surface area contributed by atoms with E-state index in [1.54, 1.807) is 12.1 Å². The Morgan fingerprint density at radius 2 is 1.96 bits per heavy atom. The number of anilines is 4. The molecular weight excluding hydrogens is 369 g/mol. The second-order valence-electron chi connectivity index (χ2n) is 6.64. The van der Waals surface area contributed by atoms with E-state index in [9.17, 15) is 4.39 Å². The third kappa shape index (κ3) is 4.11. The van der Waals surface area contributed by atoms with Crippen LogP contribution >= 0.6 is 11.6 Å². The molecule has 5 N–H and O–H groups in total. The zero-order valence-electron chi connectivity index (χ0n) is 14.6. The fraction of sp³-hybridized carbons (Fsp3) is 0.278. The smallest absolute Gasteiger partial charge is 0.223 e. The van der Waals surface area contributed by atoms with E-state index in [0.717, 1.165) is 11.3 Å². The molecule has 0 saturated heterocycles. The van der Waals surface area contributed by atoms with Crippen molar-refractivity contribution in [3.63, 3.8) is 0 Å². The second kappa shape index (κ2) is 7.03. The van der Waals surface area contributed by atoms with Crippen LogP contribution in [0.25, 0.3) is 0 Å². The minimum absolute atomic E-state index is 0.123. The van der Waals surface area contributed by atoms with Gasteiger partial charge in [-0.25, -0.2) is 4.39 Å². The first-order valence-electron chi connectivity index (χ1n) is 8.66. The average molecular weight is 388 g/mol. The van der Waals surface area contributed by atoms with Gasteiger partial charge in [-0.05, 0) is 37.5 Å². The van der Waals surface area contributed by atoms with Crippen molar-refractivity contribution in [2.75, 3.05) is 16.4 Å². The number of halogens is 2. The van der Waals surface area contributed by atoms with Crippen molar-refractivity contribution in [3.05, 3.63) is 52.4 Å². The van der Waals surface area contributed by atoms with E-state index >= 15 is 0 Å². The lowest BCUT2D eigenvalue weighted by Crippen LogP contribution is -2.11. The van der Waals surface area contributed by atoms with Gasteiger partial charge >= 0.3 is 0 Å². The number of nitrogens with one attached hydrogen (secondary N) is 3. The van der Waals surface area contributed by atoms with E-state index in [4.69, 9.17) is 17.3 Å². The molecule has 2 aromatic heterocycles. The van der Waals surface area contributed by atoms with Gasteiger partial charge in [0.2, 0.25) is 5.95 Å². The van der Waals surface area contributed by atoms with Gasteiger partial charge in [0.15, 0.2) is 5.82 Å². The largest absolute Gasteiger partial charge is 0.368 e. The number of aromatic amines is 1. The first-order chi connectivity index (χ1) is 13.0. The summed E-state index contributed by atoms with van der Waals surface area (Å²) in [5.74, 6) is 2.06. The molecule has 1 saturated carbocycles. The van der Waals surface area contributed by atoms with Crippen LogP contribution < -0.4 is 16.4 Å². The molecule has 1 aliphatic carbocycles. The summed E-state index contributed by atoms with van der Waals surface area (Å²) in [6.07, 6.45) is 2.39. The van der Waals surface area contributed by atoms with E-state index in [1.165, 1.54) is 25.0 Å². The van der Waals surface area contributed by atoms with Crippen molar-refractivity contribution < 1.29 is 4.39 Å². The Morgan fingerprint density at radius 3 is 2.70 bits per heavy atom. The number of hydrogen-bond donors (Lipinski definition) is 4. The number of nitrogen functional groups attached to an aromatic ring is 1. The highest BCUT2D eigenvalue weighted by Crippen LogP contribution is 2.39. The maximum Gasteiger partial charge on any atom is 0.223 e. The molecule has 1 atom stereocenters. The van der Waals surface area contributed by atoms with Gasteiger partial charge < -0.3 is 16.4 Å². The van der Waals surface area contributed by atoms with Crippen LogP contribution in [-0.2, 0) is 0 Å². The molecule has 27 heavy (non-hydrogen) atoms. The Kier molecular flexibility index (Phi) is 4.57. The third-order valence-electron chi connectivity index (χ3n) is 4.41. The fourth-order valence-electron chi connectivity index (χ4n) is 2.89. The van der Waals surface area contributed by atoms with Crippen LogP contribution in [0, 0.1) is 5.82 Å². The van der Waals surface area contributed by atoms with Crippen molar-refractivity contribution in [2.24, 2.45) is 0 Å². The van der Waals surface area contributed by atoms with Gasteiger partial charge in [0.25, 0.3) is 0 Å². The zero-order valence-corrected chi connectivity index (χ0v) is 15.4. The SMILES string of the molecule is C[C@H](Nc1cc(Nc2cc(C3CC3)[nH]n2)nc(N)n1)c1ccc(F)cc1Cl. The molecule has 0 amide bonds. The van der Waals surface area contributed by atoms with Crippen LogP contribution in [0.15, 0.2) is 30.3 Å². The van der Waals surface area contributed by atoms with Gasteiger partial charge in [0.05, 0.1) is 6.04 Å². The van der Waals surface area contributed by atoms with Gasteiger partial charge in [-0.15, -0.1) is 0 Å². The second-order valence-corrected chi connectivity index (χ2v) is 7.04. The zero-order chi connectivity index (χ0) is 19.0. The number of nitrogens with two attached hydrogens (primary N) is 1. The highest BCUT2D eigenvalue weighted by molar-refractivity contribution is 6.31. The lowest BCUT2D eigenvalue weighted by Gasteiger charge is -2.17.